The summed E-state index contributed by atoms with van der Waals surface area (Å²) in [6.07, 6.45) is 3.58. The molecule has 0 saturated carbocycles. The van der Waals surface area contributed by atoms with Gasteiger partial charge in [0, 0.05) is 32.0 Å². The van der Waals surface area contributed by atoms with E-state index in [0.717, 1.165) is 25.7 Å². The number of methoxy groups -OCH3 is 2. The van der Waals surface area contributed by atoms with Gasteiger partial charge in [-0.15, -0.1) is 0 Å². The number of hydrogen-bond donors (Lipinski definition) is 3. The number of amides is 1. The predicted molar refractivity (Wildman–Crippen MR) is 138 cm³/mol. The van der Waals surface area contributed by atoms with Gasteiger partial charge in [0.15, 0.2) is 11.5 Å². The second-order valence-corrected chi connectivity index (χ2v) is 10.9. The highest BCUT2D eigenvalue weighted by atomic mass is 32.2. The second-order valence-electron chi connectivity index (χ2n) is 9.08. The lowest BCUT2D eigenvalue weighted by Crippen LogP contribution is -2.38. The number of nitrogens with one attached hydrogen (secondary N) is 3. The maximum absolute atomic E-state index is 13.3. The Bertz CT molecular complexity index is 1150. The summed E-state index contributed by atoms with van der Waals surface area (Å²) in [6, 6.07) is 10.8. The van der Waals surface area contributed by atoms with Crippen molar-refractivity contribution in [1.29, 1.82) is 0 Å². The maximum Gasteiger partial charge on any atom is 0.247 e. The Morgan fingerprint density at radius 1 is 0.946 bits per heavy atom. The molecule has 2 heterocycles. The first-order valence-corrected chi connectivity index (χ1v) is 14.0. The zero-order valence-corrected chi connectivity index (χ0v) is 22.0. The van der Waals surface area contributed by atoms with Crippen LogP contribution in [0.2, 0.25) is 0 Å². The van der Waals surface area contributed by atoms with E-state index in [1.807, 2.05) is 0 Å². The highest BCUT2D eigenvalue weighted by Crippen LogP contribution is 2.31. The quantitative estimate of drug-likeness (QED) is 0.380. The molecule has 3 atom stereocenters. The van der Waals surface area contributed by atoms with Crippen LogP contribution in [0.3, 0.4) is 0 Å². The topological polar surface area (TPSA) is 124 Å². The largest absolute Gasteiger partial charge is 0.493 e. The molecule has 0 radical (unpaired) electrons. The summed E-state index contributed by atoms with van der Waals surface area (Å²) in [7, 11) is -0.594. The first-order chi connectivity index (χ1) is 17.9. The zero-order chi connectivity index (χ0) is 26.3. The first kappa shape index (κ1) is 27.2. The van der Waals surface area contributed by atoms with Gasteiger partial charge in [-0.2, -0.15) is 0 Å². The average molecular weight is 534 g/mol. The van der Waals surface area contributed by atoms with Gasteiger partial charge in [-0.25, -0.2) is 13.1 Å². The number of carbonyl (C=O) groups excluding carboxylic acids is 1. The zero-order valence-electron chi connectivity index (χ0n) is 21.2. The third kappa shape index (κ3) is 7.13. The van der Waals surface area contributed by atoms with Gasteiger partial charge in [-0.1, -0.05) is 6.07 Å². The molecule has 4 rings (SSSR count). The van der Waals surface area contributed by atoms with E-state index in [0.29, 0.717) is 42.5 Å². The Morgan fingerprint density at radius 2 is 1.59 bits per heavy atom. The Balaban J connectivity index is 1.49. The molecule has 2 aromatic rings. The van der Waals surface area contributed by atoms with Gasteiger partial charge < -0.3 is 29.6 Å². The standard InChI is InChI=1S/C26H35N3O7S/c1-33-23-12-7-18(15-24(23)34-2)25(26(30)27-16-20-5-3-13-35-20)29-19-8-10-22(11-9-19)37(31,32)28-17-21-6-4-14-36-21/h7-12,15,20-21,25,28-29H,3-6,13-14,16-17H2,1-2H3,(H,27,30)/t20-,21-,25+/m1/s1. The lowest BCUT2D eigenvalue weighted by molar-refractivity contribution is -0.122. The Labute approximate surface area is 218 Å². The molecular formula is C26H35N3O7S. The van der Waals surface area contributed by atoms with Gasteiger partial charge in [-0.3, -0.25) is 4.79 Å². The molecule has 0 unspecified atom stereocenters. The smallest absolute Gasteiger partial charge is 0.247 e. The molecule has 2 aliphatic heterocycles. The van der Waals surface area contributed by atoms with Crippen molar-refractivity contribution in [1.82, 2.24) is 10.0 Å². The summed E-state index contributed by atoms with van der Waals surface area (Å²) in [4.78, 5) is 13.4. The van der Waals surface area contributed by atoms with E-state index < -0.39 is 16.1 Å². The molecule has 11 heteroatoms. The average Bonchev–Trinajstić information content (AvgIpc) is 3.64. The van der Waals surface area contributed by atoms with Crippen LogP contribution in [-0.4, -0.2) is 67.1 Å². The second kappa shape index (κ2) is 12.6. The van der Waals surface area contributed by atoms with Crippen molar-refractivity contribution in [2.75, 3.05) is 45.8 Å². The van der Waals surface area contributed by atoms with Crippen LogP contribution < -0.4 is 24.8 Å². The molecule has 2 aliphatic rings. The molecule has 2 aromatic carbocycles. The van der Waals surface area contributed by atoms with E-state index in [1.165, 1.54) is 19.2 Å². The Kier molecular flexibility index (Phi) is 9.25. The molecule has 1 amide bonds. The summed E-state index contributed by atoms with van der Waals surface area (Å²) < 4.78 is 49.9. The number of rotatable bonds is 12. The third-order valence-electron chi connectivity index (χ3n) is 6.53. The fourth-order valence-electron chi connectivity index (χ4n) is 4.44. The minimum atomic E-state index is -3.68. The van der Waals surface area contributed by atoms with E-state index in [2.05, 4.69) is 15.4 Å². The van der Waals surface area contributed by atoms with Gasteiger partial charge in [0.05, 0.1) is 31.3 Å². The van der Waals surface area contributed by atoms with Crippen LogP contribution in [0.4, 0.5) is 5.69 Å². The molecule has 2 fully saturated rings. The van der Waals surface area contributed by atoms with Crippen LogP contribution >= 0.6 is 0 Å². The lowest BCUT2D eigenvalue weighted by Gasteiger charge is -2.22. The van der Waals surface area contributed by atoms with Gasteiger partial charge in [0.25, 0.3) is 0 Å². The van der Waals surface area contributed by atoms with Crippen molar-refractivity contribution < 1.29 is 32.2 Å². The summed E-state index contributed by atoms with van der Waals surface area (Å²) in [5, 5.41) is 6.20. The molecule has 37 heavy (non-hydrogen) atoms. The summed E-state index contributed by atoms with van der Waals surface area (Å²) in [5.41, 5.74) is 1.25. The lowest BCUT2D eigenvalue weighted by atomic mass is 10.0. The molecule has 10 nitrogen and oxygen atoms in total. The van der Waals surface area contributed by atoms with Crippen molar-refractivity contribution >= 4 is 21.6 Å². The number of sulfonamides is 1. The Morgan fingerprint density at radius 3 is 2.19 bits per heavy atom. The molecule has 202 valence electrons. The molecule has 0 aromatic heterocycles. The van der Waals surface area contributed by atoms with Gasteiger partial charge >= 0.3 is 0 Å². The number of carbonyl (C=O) groups is 1. The fraction of sp³-hybridized carbons (Fsp3) is 0.500. The van der Waals surface area contributed by atoms with E-state index >= 15 is 0 Å². The number of anilines is 1. The monoisotopic (exact) mass is 533 g/mol. The van der Waals surface area contributed by atoms with Gasteiger partial charge in [-0.05, 0) is 67.6 Å². The predicted octanol–water partition coefficient (Wildman–Crippen LogP) is 2.61. The van der Waals surface area contributed by atoms with E-state index in [-0.39, 0.29) is 29.6 Å². The minimum Gasteiger partial charge on any atom is -0.493 e. The number of ether oxygens (including phenoxy) is 4. The van der Waals surface area contributed by atoms with Crippen LogP contribution in [-0.2, 0) is 24.3 Å². The fourth-order valence-corrected chi connectivity index (χ4v) is 5.51. The van der Waals surface area contributed by atoms with Crippen LogP contribution in [0.1, 0.15) is 37.3 Å². The number of benzene rings is 2. The normalized spacial score (nSPS) is 20.4. The van der Waals surface area contributed by atoms with Crippen LogP contribution in [0.5, 0.6) is 11.5 Å². The molecule has 3 N–H and O–H groups in total. The first-order valence-electron chi connectivity index (χ1n) is 12.5. The summed E-state index contributed by atoms with van der Waals surface area (Å²) in [5.74, 6) is 0.810. The summed E-state index contributed by atoms with van der Waals surface area (Å²) >= 11 is 0. The molecule has 0 aliphatic carbocycles. The molecule has 2 saturated heterocycles. The Hall–Kier alpha value is -2.86. The van der Waals surface area contributed by atoms with Crippen LogP contribution in [0.25, 0.3) is 0 Å². The van der Waals surface area contributed by atoms with Crippen molar-refractivity contribution in [3.8, 4) is 11.5 Å². The number of hydrogen-bond acceptors (Lipinski definition) is 8. The maximum atomic E-state index is 13.3. The molecule has 0 bridgehead atoms. The van der Waals surface area contributed by atoms with Crippen molar-refractivity contribution in [3.05, 3.63) is 48.0 Å². The highest BCUT2D eigenvalue weighted by molar-refractivity contribution is 7.89. The van der Waals surface area contributed by atoms with Crippen molar-refractivity contribution in [3.63, 3.8) is 0 Å². The van der Waals surface area contributed by atoms with Crippen LogP contribution in [0.15, 0.2) is 47.4 Å². The van der Waals surface area contributed by atoms with E-state index in [9.17, 15) is 13.2 Å². The minimum absolute atomic E-state index is 0.00151. The highest BCUT2D eigenvalue weighted by Gasteiger charge is 2.25. The molecular weight excluding hydrogens is 498 g/mol. The van der Waals surface area contributed by atoms with Gasteiger partial charge in [0.1, 0.15) is 6.04 Å². The van der Waals surface area contributed by atoms with Crippen LogP contribution in [0, 0.1) is 0 Å². The van der Waals surface area contributed by atoms with Gasteiger partial charge in [0.2, 0.25) is 15.9 Å². The van der Waals surface area contributed by atoms with Crippen molar-refractivity contribution in [2.24, 2.45) is 0 Å². The van der Waals surface area contributed by atoms with Crippen molar-refractivity contribution in [2.45, 2.75) is 48.8 Å². The summed E-state index contributed by atoms with van der Waals surface area (Å²) in [6.45, 7) is 2.03. The van der Waals surface area contributed by atoms with E-state index in [4.69, 9.17) is 18.9 Å². The molecule has 0 spiro atoms. The SMILES string of the molecule is COc1ccc([C@H](Nc2ccc(S(=O)(=O)NC[C@H]3CCCO3)cc2)C(=O)NC[C@H]2CCCO2)cc1OC. The third-order valence-corrected chi connectivity index (χ3v) is 7.97. The van der Waals surface area contributed by atoms with E-state index in [1.54, 1.807) is 37.4 Å².